The molecule has 2 fully saturated rings. The summed E-state index contributed by atoms with van der Waals surface area (Å²) in [6.07, 6.45) is 3.85. The van der Waals surface area contributed by atoms with Crippen LogP contribution < -0.4 is 5.32 Å². The number of rotatable bonds is 7. The molecule has 9 nitrogen and oxygen atoms in total. The van der Waals surface area contributed by atoms with E-state index in [2.05, 4.69) is 39.4 Å². The van der Waals surface area contributed by atoms with Gasteiger partial charge in [-0.05, 0) is 12.5 Å². The number of aliphatic imine (C=N–C) groups is 1. The predicted molar refractivity (Wildman–Crippen MR) is 123 cm³/mol. The molecule has 4 rings (SSSR count). The van der Waals surface area contributed by atoms with Crippen LogP contribution in [-0.4, -0.2) is 109 Å². The Kier molecular flexibility index (Phi) is 7.06. The van der Waals surface area contributed by atoms with Crippen molar-refractivity contribution < 1.29 is 14.3 Å². The number of ether oxygens (including phenoxy) is 1. The molecule has 3 aliphatic heterocycles. The number of hydrogen-bond acceptors (Lipinski definition) is 7. The lowest BCUT2D eigenvalue weighted by Gasteiger charge is -2.40. The fourth-order valence-corrected chi connectivity index (χ4v) is 4.35. The normalized spacial score (nSPS) is 24.2. The van der Waals surface area contributed by atoms with Crippen molar-refractivity contribution >= 4 is 24.0 Å². The topological polar surface area (TPSA) is 80.7 Å². The zero-order valence-electron chi connectivity index (χ0n) is 18.8. The van der Waals surface area contributed by atoms with Crippen molar-refractivity contribution in [2.75, 3.05) is 59.5 Å². The summed E-state index contributed by atoms with van der Waals surface area (Å²) in [5.74, 6) is 0.494. The van der Waals surface area contributed by atoms with Crippen LogP contribution in [0.25, 0.3) is 6.08 Å². The van der Waals surface area contributed by atoms with Gasteiger partial charge in [0.1, 0.15) is 0 Å². The first-order valence-corrected chi connectivity index (χ1v) is 11.3. The van der Waals surface area contributed by atoms with Gasteiger partial charge < -0.3 is 19.4 Å². The third-order valence-electron chi connectivity index (χ3n) is 6.15. The Morgan fingerprint density at radius 1 is 1.16 bits per heavy atom. The predicted octanol–water partition coefficient (Wildman–Crippen LogP) is 0.902. The van der Waals surface area contributed by atoms with Crippen molar-refractivity contribution in [1.29, 1.82) is 0 Å². The lowest BCUT2D eigenvalue weighted by atomic mass is 10.1. The van der Waals surface area contributed by atoms with E-state index in [4.69, 9.17) is 9.73 Å². The third kappa shape index (κ3) is 4.78. The molecule has 9 heteroatoms. The molecule has 0 saturated carbocycles. The molecule has 0 aromatic heterocycles. The summed E-state index contributed by atoms with van der Waals surface area (Å²) in [7, 11) is 1.68. The van der Waals surface area contributed by atoms with Crippen LogP contribution >= 0.6 is 0 Å². The number of carbonyl (C=O) groups is 2. The van der Waals surface area contributed by atoms with Crippen LogP contribution in [0.5, 0.6) is 0 Å². The second-order valence-corrected chi connectivity index (χ2v) is 8.18. The van der Waals surface area contributed by atoms with Gasteiger partial charge in [0.25, 0.3) is 5.91 Å². The number of amides is 3. The number of benzene rings is 1. The molecule has 32 heavy (non-hydrogen) atoms. The Bertz CT molecular complexity index is 866. The van der Waals surface area contributed by atoms with Crippen molar-refractivity contribution in [3.05, 3.63) is 42.0 Å². The number of nitrogens with one attached hydrogen (secondary N) is 1. The summed E-state index contributed by atoms with van der Waals surface area (Å²) in [6, 6.07) is 9.39. The molecular weight excluding hydrogens is 408 g/mol. The Morgan fingerprint density at radius 3 is 2.62 bits per heavy atom. The summed E-state index contributed by atoms with van der Waals surface area (Å²) in [5.41, 5.74) is 1.20. The van der Waals surface area contributed by atoms with Gasteiger partial charge in [-0.1, -0.05) is 42.5 Å². The number of piperazine rings is 1. The van der Waals surface area contributed by atoms with Crippen LogP contribution in [0.1, 0.15) is 12.5 Å². The zero-order chi connectivity index (χ0) is 22.5. The van der Waals surface area contributed by atoms with E-state index in [9.17, 15) is 9.59 Å². The molecule has 3 heterocycles. The van der Waals surface area contributed by atoms with E-state index in [0.29, 0.717) is 19.8 Å². The molecule has 1 aromatic carbocycles. The maximum absolute atomic E-state index is 12.6. The average molecular weight is 441 g/mol. The van der Waals surface area contributed by atoms with E-state index in [-0.39, 0.29) is 5.91 Å². The highest BCUT2D eigenvalue weighted by Crippen LogP contribution is 2.25. The highest BCUT2D eigenvalue weighted by atomic mass is 16.5. The second kappa shape index (κ2) is 10.1. The summed E-state index contributed by atoms with van der Waals surface area (Å²) in [6.45, 7) is 8.00. The summed E-state index contributed by atoms with van der Waals surface area (Å²) >= 11 is 0. The van der Waals surface area contributed by atoms with Crippen molar-refractivity contribution in [3.8, 4) is 0 Å². The summed E-state index contributed by atoms with van der Waals surface area (Å²) < 4.78 is 5.55. The SMILES string of the molecule is CCOCCN1C(N2CCN(C/C=C/c3ccccc3)CC2)=NC2C1C(=O)NC(=O)N2C. The average Bonchev–Trinajstić information content (AvgIpc) is 3.19. The van der Waals surface area contributed by atoms with E-state index in [0.717, 1.165) is 38.7 Å². The molecule has 3 amide bonds. The van der Waals surface area contributed by atoms with Gasteiger partial charge in [0.15, 0.2) is 18.2 Å². The van der Waals surface area contributed by atoms with Gasteiger partial charge >= 0.3 is 6.03 Å². The van der Waals surface area contributed by atoms with Gasteiger partial charge in [0.05, 0.1) is 6.61 Å². The minimum atomic E-state index is -0.514. The van der Waals surface area contributed by atoms with Gasteiger partial charge in [0, 0.05) is 52.9 Å². The minimum Gasteiger partial charge on any atom is -0.380 e. The third-order valence-corrected chi connectivity index (χ3v) is 6.15. The number of nitrogens with zero attached hydrogens (tertiary/aromatic N) is 5. The highest BCUT2D eigenvalue weighted by Gasteiger charge is 2.49. The number of fused-ring (bicyclic) bond motifs is 1. The van der Waals surface area contributed by atoms with Crippen molar-refractivity contribution in [2.45, 2.75) is 19.1 Å². The van der Waals surface area contributed by atoms with Crippen LogP contribution in [-0.2, 0) is 9.53 Å². The molecule has 0 spiro atoms. The van der Waals surface area contributed by atoms with Gasteiger partial charge in [0.2, 0.25) is 0 Å². The summed E-state index contributed by atoms with van der Waals surface area (Å²) in [4.78, 5) is 37.7. The number of likely N-dealkylation sites (N-methyl/N-ethyl adjacent to an activating group) is 1. The standard InChI is InChI=1S/C23H32N6O3/c1-3-32-17-16-29-19-20(26(2)23(31)25-21(19)30)24-22(29)28-14-12-27(13-15-28)11-7-10-18-8-5-4-6-9-18/h4-10,19-20H,3,11-17H2,1-2H3,(H,25,30,31)/b10-7+. The number of hydrogen-bond donors (Lipinski definition) is 1. The molecule has 0 aliphatic carbocycles. The van der Waals surface area contributed by atoms with Gasteiger partial charge in [-0.25, -0.2) is 9.79 Å². The fourth-order valence-electron chi connectivity index (χ4n) is 4.35. The first-order valence-electron chi connectivity index (χ1n) is 11.3. The van der Waals surface area contributed by atoms with E-state index in [1.165, 1.54) is 10.5 Å². The monoisotopic (exact) mass is 440 g/mol. The fraction of sp³-hybridized carbons (Fsp3) is 0.522. The molecule has 172 valence electrons. The van der Waals surface area contributed by atoms with Gasteiger partial charge in [-0.15, -0.1) is 0 Å². The Balaban J connectivity index is 1.39. The highest BCUT2D eigenvalue weighted by molar-refractivity contribution is 6.03. The first-order chi connectivity index (χ1) is 15.6. The smallest absolute Gasteiger partial charge is 0.325 e. The molecule has 0 bridgehead atoms. The Labute approximate surface area is 189 Å². The van der Waals surface area contributed by atoms with Crippen LogP contribution in [0, 0.1) is 0 Å². The van der Waals surface area contributed by atoms with Crippen LogP contribution in [0.15, 0.2) is 41.4 Å². The number of imide groups is 1. The van der Waals surface area contributed by atoms with Crippen LogP contribution in [0.3, 0.4) is 0 Å². The zero-order valence-corrected chi connectivity index (χ0v) is 18.8. The van der Waals surface area contributed by atoms with Crippen LogP contribution in [0.2, 0.25) is 0 Å². The van der Waals surface area contributed by atoms with Crippen LogP contribution in [0.4, 0.5) is 4.79 Å². The molecule has 2 atom stereocenters. The molecule has 1 aromatic rings. The largest absolute Gasteiger partial charge is 0.380 e. The molecule has 2 saturated heterocycles. The van der Waals surface area contributed by atoms with Crippen molar-refractivity contribution in [3.63, 3.8) is 0 Å². The minimum absolute atomic E-state index is 0.293. The Morgan fingerprint density at radius 2 is 1.91 bits per heavy atom. The lowest BCUT2D eigenvalue weighted by Crippen LogP contribution is -2.65. The maximum atomic E-state index is 12.6. The first kappa shape index (κ1) is 22.3. The molecular formula is C23H32N6O3. The molecule has 1 N–H and O–H groups in total. The van der Waals surface area contributed by atoms with E-state index < -0.39 is 18.2 Å². The summed E-state index contributed by atoms with van der Waals surface area (Å²) in [5, 5.41) is 2.45. The number of guanidine groups is 1. The van der Waals surface area contributed by atoms with E-state index in [1.54, 1.807) is 7.05 Å². The van der Waals surface area contributed by atoms with Gasteiger partial charge in [-0.2, -0.15) is 0 Å². The maximum Gasteiger partial charge on any atom is 0.325 e. The Hall–Kier alpha value is -2.91. The number of urea groups is 1. The second-order valence-electron chi connectivity index (χ2n) is 8.18. The quantitative estimate of drug-likeness (QED) is 0.635. The lowest BCUT2D eigenvalue weighted by molar-refractivity contribution is -0.127. The number of carbonyl (C=O) groups excluding carboxylic acids is 2. The van der Waals surface area contributed by atoms with Crippen molar-refractivity contribution in [1.82, 2.24) is 24.9 Å². The molecule has 0 radical (unpaired) electrons. The molecule has 3 aliphatic rings. The molecule has 2 unspecified atom stereocenters. The van der Waals surface area contributed by atoms with Gasteiger partial charge in [-0.3, -0.25) is 15.0 Å². The van der Waals surface area contributed by atoms with Crippen molar-refractivity contribution in [2.24, 2.45) is 4.99 Å². The van der Waals surface area contributed by atoms with E-state index >= 15 is 0 Å². The van der Waals surface area contributed by atoms with E-state index in [1.807, 2.05) is 30.0 Å².